The quantitative estimate of drug-likeness (QED) is 0.937. The van der Waals surface area contributed by atoms with Gasteiger partial charge in [0.15, 0.2) is 17.5 Å². The molecule has 1 aromatic carbocycles. The summed E-state index contributed by atoms with van der Waals surface area (Å²) in [7, 11) is -3.56. The lowest BCUT2D eigenvalue weighted by atomic mass is 10.1. The van der Waals surface area contributed by atoms with Crippen LogP contribution in [-0.2, 0) is 10.0 Å². The summed E-state index contributed by atoms with van der Waals surface area (Å²) in [5.41, 5.74) is 0.429. The minimum absolute atomic E-state index is 0.0457. The molecule has 118 valence electrons. The van der Waals surface area contributed by atoms with Gasteiger partial charge < -0.3 is 0 Å². The van der Waals surface area contributed by atoms with Gasteiger partial charge in [0.1, 0.15) is 5.82 Å². The van der Waals surface area contributed by atoms with Crippen LogP contribution in [0.2, 0.25) is 0 Å². The van der Waals surface area contributed by atoms with Gasteiger partial charge in [-0.2, -0.15) is 0 Å². The Morgan fingerprint density at radius 3 is 2.50 bits per heavy atom. The first kappa shape index (κ1) is 16.3. The van der Waals surface area contributed by atoms with Crippen molar-refractivity contribution in [2.45, 2.75) is 19.8 Å². The Kier molecular flexibility index (Phi) is 4.41. The van der Waals surface area contributed by atoms with Crippen molar-refractivity contribution in [3.05, 3.63) is 41.6 Å². The Hall–Kier alpha value is -2.09. The van der Waals surface area contributed by atoms with Gasteiger partial charge >= 0.3 is 0 Å². The fraction of sp³-hybridized carbons (Fsp3) is 0.286. The van der Waals surface area contributed by atoms with E-state index in [1.165, 1.54) is 18.3 Å². The van der Waals surface area contributed by atoms with Crippen LogP contribution in [0.15, 0.2) is 24.4 Å². The van der Waals surface area contributed by atoms with Crippen LogP contribution < -0.4 is 4.72 Å². The van der Waals surface area contributed by atoms with Crippen LogP contribution in [0, 0.1) is 11.6 Å². The average Bonchev–Trinajstić information content (AvgIpc) is 2.39. The van der Waals surface area contributed by atoms with Crippen LogP contribution in [0.5, 0.6) is 0 Å². The number of rotatable bonds is 4. The zero-order valence-corrected chi connectivity index (χ0v) is 13.1. The first-order chi connectivity index (χ1) is 10.2. The van der Waals surface area contributed by atoms with Crippen LogP contribution in [-0.4, -0.2) is 24.6 Å². The zero-order valence-electron chi connectivity index (χ0n) is 12.3. The highest BCUT2D eigenvalue weighted by molar-refractivity contribution is 7.92. The molecule has 0 spiro atoms. The first-order valence-corrected chi connectivity index (χ1v) is 8.37. The molecule has 1 heterocycles. The molecule has 2 rings (SSSR count). The second kappa shape index (κ2) is 5.96. The monoisotopic (exact) mass is 327 g/mol. The standard InChI is InChI=1S/C14H15F2N3O2S/c1-8(2)10-7-17-13(18-14(10)19-22(3,20)21)9-5-4-6-11(15)12(9)16/h4-8H,1-3H3,(H,17,18,19). The molecule has 0 aliphatic rings. The van der Waals surface area contributed by atoms with Crippen LogP contribution in [0.4, 0.5) is 14.6 Å². The number of nitrogens with one attached hydrogen (secondary N) is 1. The normalized spacial score (nSPS) is 11.7. The highest BCUT2D eigenvalue weighted by Gasteiger charge is 2.17. The highest BCUT2D eigenvalue weighted by Crippen LogP contribution is 2.27. The van der Waals surface area contributed by atoms with Crippen LogP contribution in [0.25, 0.3) is 11.4 Å². The van der Waals surface area contributed by atoms with Gasteiger partial charge in [-0.05, 0) is 18.1 Å². The molecule has 0 amide bonds. The SMILES string of the molecule is CC(C)c1cnc(-c2cccc(F)c2F)nc1NS(C)(=O)=O. The fourth-order valence-electron chi connectivity index (χ4n) is 1.88. The number of benzene rings is 1. The minimum Gasteiger partial charge on any atom is -0.267 e. The van der Waals surface area contributed by atoms with Crippen LogP contribution in [0.3, 0.4) is 0 Å². The number of hydrogen-bond acceptors (Lipinski definition) is 4. The number of aromatic nitrogens is 2. The largest absolute Gasteiger partial charge is 0.267 e. The summed E-state index contributed by atoms with van der Waals surface area (Å²) in [6.07, 6.45) is 2.40. The summed E-state index contributed by atoms with van der Waals surface area (Å²) >= 11 is 0. The van der Waals surface area contributed by atoms with E-state index in [0.717, 1.165) is 12.3 Å². The Morgan fingerprint density at radius 1 is 1.23 bits per heavy atom. The Labute approximate surface area is 127 Å². The molecule has 2 aromatic rings. The molecule has 0 saturated heterocycles. The van der Waals surface area contributed by atoms with Gasteiger partial charge in [-0.25, -0.2) is 27.2 Å². The minimum atomic E-state index is -3.56. The third-order valence-corrected chi connectivity index (χ3v) is 3.48. The van der Waals surface area contributed by atoms with Crippen molar-refractivity contribution < 1.29 is 17.2 Å². The molecule has 5 nitrogen and oxygen atoms in total. The summed E-state index contributed by atoms with van der Waals surface area (Å²) in [5, 5.41) is 0. The van der Waals surface area contributed by atoms with E-state index >= 15 is 0 Å². The number of halogens is 2. The van der Waals surface area contributed by atoms with E-state index in [-0.39, 0.29) is 23.1 Å². The molecule has 22 heavy (non-hydrogen) atoms. The van der Waals surface area contributed by atoms with E-state index in [1.807, 2.05) is 13.8 Å². The lowest BCUT2D eigenvalue weighted by molar-refractivity contribution is 0.510. The molecule has 1 aromatic heterocycles. The van der Waals surface area contributed by atoms with E-state index in [4.69, 9.17) is 0 Å². The van der Waals surface area contributed by atoms with Gasteiger partial charge in [0.2, 0.25) is 10.0 Å². The van der Waals surface area contributed by atoms with Crippen molar-refractivity contribution >= 4 is 15.8 Å². The van der Waals surface area contributed by atoms with Gasteiger partial charge in [-0.15, -0.1) is 0 Å². The number of anilines is 1. The zero-order chi connectivity index (χ0) is 16.5. The number of sulfonamides is 1. The molecule has 0 fully saturated rings. The molecule has 1 N–H and O–H groups in total. The molecule has 0 saturated carbocycles. The second-order valence-electron chi connectivity index (χ2n) is 5.13. The summed E-state index contributed by atoms with van der Waals surface area (Å²) < 4.78 is 52.3. The second-order valence-corrected chi connectivity index (χ2v) is 6.88. The average molecular weight is 327 g/mol. The molecule has 0 bridgehead atoms. The fourth-order valence-corrected chi connectivity index (χ4v) is 2.39. The van der Waals surface area contributed by atoms with Gasteiger partial charge in [0, 0.05) is 11.8 Å². The van der Waals surface area contributed by atoms with Crippen molar-refractivity contribution in [1.29, 1.82) is 0 Å². The van der Waals surface area contributed by atoms with Gasteiger partial charge in [-0.1, -0.05) is 19.9 Å². The third kappa shape index (κ3) is 3.56. The van der Waals surface area contributed by atoms with Crippen molar-refractivity contribution in [3.8, 4) is 11.4 Å². The topological polar surface area (TPSA) is 72.0 Å². The molecular formula is C14H15F2N3O2S. The Bertz CT molecular complexity index is 808. The Morgan fingerprint density at radius 2 is 1.91 bits per heavy atom. The lowest BCUT2D eigenvalue weighted by Crippen LogP contribution is -2.14. The van der Waals surface area contributed by atoms with Crippen LogP contribution in [0.1, 0.15) is 25.3 Å². The summed E-state index contributed by atoms with van der Waals surface area (Å²) in [6, 6.07) is 3.64. The molecule has 0 unspecified atom stereocenters. The van der Waals surface area contributed by atoms with E-state index in [0.29, 0.717) is 5.56 Å². The summed E-state index contributed by atoms with van der Waals surface area (Å²) in [4.78, 5) is 8.05. The molecule has 0 aliphatic heterocycles. The number of nitrogens with zero attached hydrogens (tertiary/aromatic N) is 2. The van der Waals surface area contributed by atoms with Crippen LogP contribution >= 0.6 is 0 Å². The number of hydrogen-bond donors (Lipinski definition) is 1. The van der Waals surface area contributed by atoms with Crippen molar-refractivity contribution in [2.24, 2.45) is 0 Å². The van der Waals surface area contributed by atoms with E-state index in [1.54, 1.807) is 0 Å². The third-order valence-electron chi connectivity index (χ3n) is 2.91. The smallest absolute Gasteiger partial charge is 0.230 e. The molecule has 0 aliphatic carbocycles. The Balaban J connectivity index is 2.60. The van der Waals surface area contributed by atoms with Crippen molar-refractivity contribution in [2.75, 3.05) is 11.0 Å². The van der Waals surface area contributed by atoms with E-state index in [9.17, 15) is 17.2 Å². The lowest BCUT2D eigenvalue weighted by Gasteiger charge is -2.13. The maximum Gasteiger partial charge on any atom is 0.230 e. The molecular weight excluding hydrogens is 312 g/mol. The first-order valence-electron chi connectivity index (χ1n) is 6.48. The van der Waals surface area contributed by atoms with Crippen molar-refractivity contribution in [3.63, 3.8) is 0 Å². The summed E-state index contributed by atoms with van der Waals surface area (Å²) in [5.74, 6) is -2.17. The highest BCUT2D eigenvalue weighted by atomic mass is 32.2. The maximum atomic E-state index is 13.8. The van der Waals surface area contributed by atoms with E-state index in [2.05, 4.69) is 14.7 Å². The summed E-state index contributed by atoms with van der Waals surface area (Å²) in [6.45, 7) is 3.68. The molecule has 0 atom stereocenters. The van der Waals surface area contributed by atoms with Gasteiger partial charge in [0.25, 0.3) is 0 Å². The molecule has 8 heteroatoms. The van der Waals surface area contributed by atoms with Gasteiger partial charge in [-0.3, -0.25) is 4.72 Å². The predicted molar refractivity (Wildman–Crippen MR) is 79.9 cm³/mol. The predicted octanol–water partition coefficient (Wildman–Crippen LogP) is 2.92. The van der Waals surface area contributed by atoms with E-state index < -0.39 is 21.7 Å². The molecule has 0 radical (unpaired) electrons. The van der Waals surface area contributed by atoms with Gasteiger partial charge in [0.05, 0.1) is 11.8 Å². The maximum absolute atomic E-state index is 13.8. The van der Waals surface area contributed by atoms with Crippen molar-refractivity contribution in [1.82, 2.24) is 9.97 Å².